The number of pyridine rings is 1. The third-order valence-electron chi connectivity index (χ3n) is 5.42. The third-order valence-corrected chi connectivity index (χ3v) is 6.32. The molecule has 3 N–H and O–H groups in total. The number of aliphatic hydroxyl groups excluding tert-OH is 1. The van der Waals surface area contributed by atoms with Gasteiger partial charge in [-0.15, -0.1) is 11.3 Å². The van der Waals surface area contributed by atoms with E-state index in [9.17, 15) is 15.0 Å². The molecule has 0 aliphatic heterocycles. The van der Waals surface area contributed by atoms with Gasteiger partial charge in [0.1, 0.15) is 10.6 Å². The minimum absolute atomic E-state index is 0.000855. The van der Waals surface area contributed by atoms with Crippen LogP contribution in [0.5, 0.6) is 5.75 Å². The first-order chi connectivity index (χ1) is 15.2. The molecule has 0 bridgehead atoms. The van der Waals surface area contributed by atoms with E-state index in [4.69, 9.17) is 0 Å². The molecular weight excluding hydrogens is 406 g/mol. The Bertz CT molecular complexity index is 1430. The quantitative estimate of drug-likeness (QED) is 0.341. The second-order valence-electron chi connectivity index (χ2n) is 7.33. The molecule has 0 amide bonds. The highest BCUT2D eigenvalue weighted by molar-refractivity contribution is 7.17. The molecule has 0 unspecified atom stereocenters. The minimum atomic E-state index is -0.302. The summed E-state index contributed by atoms with van der Waals surface area (Å²) in [5.41, 5.74) is 5.44. The Morgan fingerprint density at radius 1 is 0.806 bits per heavy atom. The fourth-order valence-corrected chi connectivity index (χ4v) is 4.83. The van der Waals surface area contributed by atoms with Crippen LogP contribution < -0.4 is 5.56 Å². The lowest BCUT2D eigenvalue weighted by molar-refractivity contribution is 0.282. The Kier molecular flexibility index (Phi) is 4.90. The van der Waals surface area contributed by atoms with Crippen LogP contribution in [0.4, 0.5) is 0 Å². The van der Waals surface area contributed by atoms with Gasteiger partial charge in [0.25, 0.3) is 5.56 Å². The standard InChI is InChI=1S/C26H19NO3S/c28-14-16-5-4-8-20(13-16)17-9-11-18(12-10-17)21-15-31-26-23(21)24(29)22(25(30)27-26)19-6-2-1-3-7-19/h1-13,15,28H,14H2,(H2,27,29,30). The summed E-state index contributed by atoms with van der Waals surface area (Å²) >= 11 is 1.40. The smallest absolute Gasteiger partial charge is 0.260 e. The van der Waals surface area contributed by atoms with Gasteiger partial charge in [0.15, 0.2) is 0 Å². The SMILES string of the molecule is O=c1[nH]c2scc(-c3ccc(-c4cccc(CO)c4)cc3)c2c(O)c1-c1ccccc1. The predicted molar refractivity (Wildman–Crippen MR) is 126 cm³/mol. The lowest BCUT2D eigenvalue weighted by Crippen LogP contribution is -2.08. The van der Waals surface area contributed by atoms with Gasteiger partial charge in [-0.05, 0) is 33.9 Å². The first-order valence-corrected chi connectivity index (χ1v) is 10.8. The van der Waals surface area contributed by atoms with Crippen LogP contribution in [0.2, 0.25) is 0 Å². The van der Waals surface area contributed by atoms with Crippen LogP contribution in [0.1, 0.15) is 5.56 Å². The summed E-state index contributed by atoms with van der Waals surface area (Å²) in [6.45, 7) is 0.00798. The summed E-state index contributed by atoms with van der Waals surface area (Å²) in [4.78, 5) is 16.2. The van der Waals surface area contributed by atoms with Crippen molar-refractivity contribution in [3.63, 3.8) is 0 Å². The lowest BCUT2D eigenvalue weighted by Gasteiger charge is -2.08. The Balaban J connectivity index is 1.62. The van der Waals surface area contributed by atoms with Crippen LogP contribution >= 0.6 is 11.3 Å². The van der Waals surface area contributed by atoms with Gasteiger partial charge in [0, 0.05) is 10.9 Å². The van der Waals surface area contributed by atoms with E-state index >= 15 is 0 Å². The van der Waals surface area contributed by atoms with Gasteiger partial charge in [-0.1, -0.05) is 72.8 Å². The molecule has 0 aliphatic rings. The third kappa shape index (κ3) is 3.44. The van der Waals surface area contributed by atoms with E-state index in [1.807, 2.05) is 84.2 Å². The minimum Gasteiger partial charge on any atom is -0.506 e. The van der Waals surface area contributed by atoms with Crippen molar-refractivity contribution in [3.05, 3.63) is 100 Å². The zero-order valence-electron chi connectivity index (χ0n) is 16.5. The van der Waals surface area contributed by atoms with Gasteiger partial charge in [0.05, 0.1) is 17.6 Å². The van der Waals surface area contributed by atoms with Crippen molar-refractivity contribution in [1.29, 1.82) is 0 Å². The first-order valence-electron chi connectivity index (χ1n) is 9.88. The fourth-order valence-electron chi connectivity index (χ4n) is 3.86. The largest absolute Gasteiger partial charge is 0.506 e. The van der Waals surface area contributed by atoms with Crippen molar-refractivity contribution in [3.8, 4) is 39.1 Å². The van der Waals surface area contributed by atoms with Gasteiger partial charge in [-0.2, -0.15) is 0 Å². The van der Waals surface area contributed by atoms with Crippen LogP contribution in [0, 0.1) is 0 Å². The molecule has 152 valence electrons. The number of rotatable bonds is 4. The number of fused-ring (bicyclic) bond motifs is 1. The maximum absolute atomic E-state index is 12.6. The van der Waals surface area contributed by atoms with E-state index in [0.717, 1.165) is 27.8 Å². The number of aromatic nitrogens is 1. The van der Waals surface area contributed by atoms with Crippen LogP contribution in [-0.2, 0) is 6.61 Å². The average Bonchev–Trinajstić information content (AvgIpc) is 3.24. The van der Waals surface area contributed by atoms with E-state index in [1.54, 1.807) is 0 Å². The summed E-state index contributed by atoms with van der Waals surface area (Å²) in [6, 6.07) is 25.1. The maximum atomic E-state index is 12.6. The summed E-state index contributed by atoms with van der Waals surface area (Å²) in [7, 11) is 0. The fraction of sp³-hybridized carbons (Fsp3) is 0.0385. The molecule has 2 heterocycles. The Hall–Kier alpha value is -3.67. The van der Waals surface area contributed by atoms with Gasteiger partial charge < -0.3 is 15.2 Å². The highest BCUT2D eigenvalue weighted by atomic mass is 32.1. The van der Waals surface area contributed by atoms with Gasteiger partial charge in [-0.3, -0.25) is 4.79 Å². The van der Waals surface area contributed by atoms with E-state index < -0.39 is 0 Å². The second kappa shape index (κ2) is 7.87. The molecule has 5 heteroatoms. The second-order valence-corrected chi connectivity index (χ2v) is 8.21. The number of benzene rings is 3. The van der Waals surface area contributed by atoms with Crippen molar-refractivity contribution < 1.29 is 10.2 Å². The molecule has 5 aromatic rings. The van der Waals surface area contributed by atoms with Crippen LogP contribution in [0.25, 0.3) is 43.6 Å². The molecule has 0 spiro atoms. The topological polar surface area (TPSA) is 73.3 Å². The van der Waals surface area contributed by atoms with Crippen LogP contribution in [0.3, 0.4) is 0 Å². The molecule has 5 rings (SSSR count). The predicted octanol–water partition coefficient (Wildman–Crippen LogP) is 5.79. The molecule has 0 atom stereocenters. The Morgan fingerprint density at radius 2 is 1.52 bits per heavy atom. The van der Waals surface area contributed by atoms with Crippen molar-refractivity contribution >= 4 is 21.6 Å². The highest BCUT2D eigenvalue weighted by Gasteiger charge is 2.18. The number of hydrogen-bond acceptors (Lipinski definition) is 4. The van der Waals surface area contributed by atoms with Crippen molar-refractivity contribution in [2.24, 2.45) is 0 Å². The zero-order valence-corrected chi connectivity index (χ0v) is 17.3. The molecule has 0 fully saturated rings. The number of nitrogens with one attached hydrogen (secondary N) is 1. The molecular formula is C26H19NO3S. The molecule has 0 saturated carbocycles. The summed E-state index contributed by atoms with van der Waals surface area (Å²) in [5, 5.41) is 23.1. The normalized spacial score (nSPS) is 11.1. The number of hydrogen-bond donors (Lipinski definition) is 3. The molecule has 2 aromatic heterocycles. The lowest BCUT2D eigenvalue weighted by atomic mass is 9.98. The zero-order chi connectivity index (χ0) is 21.4. The summed E-state index contributed by atoms with van der Waals surface area (Å²) in [6.07, 6.45) is 0. The average molecular weight is 426 g/mol. The van der Waals surface area contributed by atoms with Crippen molar-refractivity contribution in [2.45, 2.75) is 6.61 Å². The number of H-pyrrole nitrogens is 1. The van der Waals surface area contributed by atoms with Gasteiger partial charge in [0.2, 0.25) is 0 Å². The number of aliphatic hydroxyl groups is 1. The molecule has 0 radical (unpaired) electrons. The summed E-state index contributed by atoms with van der Waals surface area (Å²) in [5.74, 6) is 0.000855. The molecule has 3 aromatic carbocycles. The monoisotopic (exact) mass is 425 g/mol. The Labute approximate surface area is 182 Å². The molecule has 0 aliphatic carbocycles. The summed E-state index contributed by atoms with van der Waals surface area (Å²) < 4.78 is 0. The highest BCUT2D eigenvalue weighted by Crippen LogP contribution is 2.41. The number of aromatic amines is 1. The van der Waals surface area contributed by atoms with Crippen molar-refractivity contribution in [2.75, 3.05) is 0 Å². The molecule has 31 heavy (non-hydrogen) atoms. The van der Waals surface area contributed by atoms with Crippen LogP contribution in [-0.4, -0.2) is 15.2 Å². The van der Waals surface area contributed by atoms with E-state index in [0.29, 0.717) is 15.8 Å². The van der Waals surface area contributed by atoms with Gasteiger partial charge in [-0.25, -0.2) is 0 Å². The van der Waals surface area contributed by atoms with Gasteiger partial charge >= 0.3 is 0 Å². The van der Waals surface area contributed by atoms with E-state index in [1.165, 1.54) is 11.3 Å². The first kappa shape index (κ1) is 19.3. The maximum Gasteiger partial charge on any atom is 0.260 e. The number of thiophene rings is 1. The Morgan fingerprint density at radius 3 is 2.26 bits per heavy atom. The molecule has 4 nitrogen and oxygen atoms in total. The van der Waals surface area contributed by atoms with E-state index in [-0.39, 0.29) is 23.5 Å². The molecule has 0 saturated heterocycles. The van der Waals surface area contributed by atoms with Crippen LogP contribution in [0.15, 0.2) is 89.0 Å². The van der Waals surface area contributed by atoms with E-state index in [2.05, 4.69) is 4.98 Å². The van der Waals surface area contributed by atoms with Crippen molar-refractivity contribution in [1.82, 2.24) is 4.98 Å². The number of aromatic hydroxyl groups is 1.